The molecule has 1 heterocycles. The quantitative estimate of drug-likeness (QED) is 0.880. The third-order valence-corrected chi connectivity index (χ3v) is 2.78. The van der Waals surface area contributed by atoms with Crippen LogP contribution in [0.25, 0.3) is 0 Å². The Kier molecular flexibility index (Phi) is 4.47. The molecule has 1 aromatic heterocycles. The average molecular weight is 297 g/mol. The minimum atomic E-state index is -1.62. The van der Waals surface area contributed by atoms with Crippen molar-refractivity contribution < 1.29 is 23.0 Å². The largest absolute Gasteiger partial charge is 0.489 e. The van der Waals surface area contributed by atoms with Crippen molar-refractivity contribution in [1.82, 2.24) is 4.98 Å². The van der Waals surface area contributed by atoms with E-state index in [4.69, 9.17) is 4.74 Å². The van der Waals surface area contributed by atoms with Crippen LogP contribution in [0.5, 0.6) is 5.75 Å². The molecule has 0 saturated carbocycles. The zero-order valence-electron chi connectivity index (χ0n) is 11.5. The number of rotatable bonds is 4. The second kappa shape index (κ2) is 6.13. The van der Waals surface area contributed by atoms with Gasteiger partial charge in [0.15, 0.2) is 17.5 Å². The van der Waals surface area contributed by atoms with Crippen LogP contribution in [0.15, 0.2) is 30.6 Å². The maximum Gasteiger partial charge on any atom is 0.194 e. The van der Waals surface area contributed by atoms with E-state index in [1.54, 1.807) is 0 Å². The van der Waals surface area contributed by atoms with Gasteiger partial charge in [0, 0.05) is 17.3 Å². The number of ether oxygens (including phenoxy) is 1. The summed E-state index contributed by atoms with van der Waals surface area (Å²) in [6, 6.07) is 3.23. The Labute approximate surface area is 120 Å². The number of hydrogen-bond donors (Lipinski definition) is 1. The van der Waals surface area contributed by atoms with E-state index >= 15 is 0 Å². The number of aromatic nitrogens is 1. The van der Waals surface area contributed by atoms with E-state index in [0.29, 0.717) is 5.75 Å². The second-order valence-corrected chi connectivity index (χ2v) is 4.79. The van der Waals surface area contributed by atoms with E-state index < -0.39 is 23.6 Å². The van der Waals surface area contributed by atoms with Gasteiger partial charge in [-0.25, -0.2) is 13.2 Å². The molecule has 6 heteroatoms. The molecule has 1 unspecified atom stereocenters. The lowest BCUT2D eigenvalue weighted by Crippen LogP contribution is -2.09. The molecule has 21 heavy (non-hydrogen) atoms. The van der Waals surface area contributed by atoms with Crippen LogP contribution >= 0.6 is 0 Å². The highest BCUT2D eigenvalue weighted by Gasteiger charge is 2.21. The number of hydrogen-bond acceptors (Lipinski definition) is 3. The van der Waals surface area contributed by atoms with Gasteiger partial charge < -0.3 is 9.84 Å². The number of aliphatic hydroxyl groups is 1. The highest BCUT2D eigenvalue weighted by Crippen LogP contribution is 2.28. The molecule has 0 bridgehead atoms. The fourth-order valence-electron chi connectivity index (χ4n) is 1.85. The molecular weight excluding hydrogens is 283 g/mol. The number of benzene rings is 1. The van der Waals surface area contributed by atoms with Gasteiger partial charge in [-0.05, 0) is 26.0 Å². The van der Waals surface area contributed by atoms with Crippen molar-refractivity contribution in [2.75, 3.05) is 0 Å². The van der Waals surface area contributed by atoms with Gasteiger partial charge in [-0.15, -0.1) is 0 Å². The van der Waals surface area contributed by atoms with Gasteiger partial charge in [0.1, 0.15) is 11.9 Å². The fourth-order valence-corrected chi connectivity index (χ4v) is 1.85. The van der Waals surface area contributed by atoms with E-state index in [-0.39, 0.29) is 17.2 Å². The van der Waals surface area contributed by atoms with Crippen molar-refractivity contribution in [3.63, 3.8) is 0 Å². The number of nitrogens with zero attached hydrogens (tertiary/aromatic N) is 1. The van der Waals surface area contributed by atoms with E-state index in [1.165, 1.54) is 18.5 Å². The van der Waals surface area contributed by atoms with Crippen LogP contribution in [0, 0.1) is 17.5 Å². The zero-order chi connectivity index (χ0) is 15.6. The van der Waals surface area contributed by atoms with Crippen LogP contribution in [0.2, 0.25) is 0 Å². The molecule has 2 aromatic rings. The lowest BCUT2D eigenvalue weighted by Gasteiger charge is -2.15. The number of aliphatic hydroxyl groups excluding tert-OH is 1. The second-order valence-electron chi connectivity index (χ2n) is 4.79. The summed E-state index contributed by atoms with van der Waals surface area (Å²) in [6.07, 6.45) is 1.18. The number of pyridine rings is 1. The molecule has 0 saturated heterocycles. The first-order valence-electron chi connectivity index (χ1n) is 6.33. The number of halogens is 3. The van der Waals surface area contributed by atoms with Crippen molar-refractivity contribution in [3.8, 4) is 5.75 Å². The first kappa shape index (κ1) is 15.3. The summed E-state index contributed by atoms with van der Waals surface area (Å²) in [4.78, 5) is 3.88. The molecule has 0 fully saturated rings. The lowest BCUT2D eigenvalue weighted by atomic mass is 10.0. The monoisotopic (exact) mass is 297 g/mol. The van der Waals surface area contributed by atoms with E-state index in [9.17, 15) is 18.3 Å². The molecule has 3 nitrogen and oxygen atoms in total. The van der Waals surface area contributed by atoms with E-state index in [0.717, 1.165) is 12.1 Å². The normalized spacial score (nSPS) is 12.5. The van der Waals surface area contributed by atoms with Crippen molar-refractivity contribution in [1.29, 1.82) is 0 Å². The molecule has 1 atom stereocenters. The van der Waals surface area contributed by atoms with Crippen LogP contribution in [-0.2, 0) is 0 Å². The van der Waals surface area contributed by atoms with Gasteiger partial charge in [-0.2, -0.15) is 0 Å². The lowest BCUT2D eigenvalue weighted by molar-refractivity contribution is 0.209. The van der Waals surface area contributed by atoms with Crippen molar-refractivity contribution >= 4 is 0 Å². The topological polar surface area (TPSA) is 42.4 Å². The highest BCUT2D eigenvalue weighted by atomic mass is 19.2. The predicted molar refractivity (Wildman–Crippen MR) is 70.4 cm³/mol. The minimum Gasteiger partial charge on any atom is -0.489 e. The van der Waals surface area contributed by atoms with Crippen LogP contribution in [-0.4, -0.2) is 16.2 Å². The van der Waals surface area contributed by atoms with Crippen molar-refractivity contribution in [3.05, 3.63) is 59.2 Å². The SMILES string of the molecule is CC(C)Oc1cncc(C(O)c2ccc(F)c(F)c2F)c1. The highest BCUT2D eigenvalue weighted by molar-refractivity contribution is 5.33. The molecule has 0 radical (unpaired) electrons. The molecule has 0 aliphatic carbocycles. The first-order chi connectivity index (χ1) is 9.90. The molecule has 112 valence electrons. The summed E-state index contributed by atoms with van der Waals surface area (Å²) in [5, 5.41) is 10.1. The molecule has 1 aromatic carbocycles. The smallest absolute Gasteiger partial charge is 0.194 e. The molecular formula is C15H14F3NO2. The molecule has 1 N–H and O–H groups in total. The van der Waals surface area contributed by atoms with Gasteiger partial charge >= 0.3 is 0 Å². The van der Waals surface area contributed by atoms with E-state index in [1.807, 2.05) is 13.8 Å². The summed E-state index contributed by atoms with van der Waals surface area (Å²) in [5.41, 5.74) is -0.143. The summed E-state index contributed by atoms with van der Waals surface area (Å²) in [6.45, 7) is 3.64. The Morgan fingerprint density at radius 3 is 2.48 bits per heavy atom. The molecule has 0 aliphatic heterocycles. The van der Waals surface area contributed by atoms with Gasteiger partial charge in [0.25, 0.3) is 0 Å². The first-order valence-corrected chi connectivity index (χ1v) is 6.33. The van der Waals surface area contributed by atoms with Crippen LogP contribution < -0.4 is 4.74 Å². The summed E-state index contributed by atoms with van der Waals surface area (Å²) < 4.78 is 45.2. The van der Waals surface area contributed by atoms with Crippen LogP contribution in [0.1, 0.15) is 31.1 Å². The average Bonchev–Trinajstić information content (AvgIpc) is 2.44. The van der Waals surface area contributed by atoms with Crippen molar-refractivity contribution in [2.45, 2.75) is 26.1 Å². The standard InChI is InChI=1S/C15H14F3NO2/c1-8(2)21-10-5-9(6-19-7-10)15(20)11-3-4-12(16)14(18)13(11)17/h3-8,15,20H,1-2H3. The fraction of sp³-hybridized carbons (Fsp3) is 0.267. The van der Waals surface area contributed by atoms with Gasteiger partial charge in [0.2, 0.25) is 0 Å². The van der Waals surface area contributed by atoms with E-state index in [2.05, 4.69) is 4.98 Å². The maximum absolute atomic E-state index is 13.7. The van der Waals surface area contributed by atoms with Gasteiger partial charge in [-0.1, -0.05) is 6.07 Å². The Balaban J connectivity index is 2.36. The third-order valence-electron chi connectivity index (χ3n) is 2.78. The molecule has 2 rings (SSSR count). The Bertz CT molecular complexity index is 647. The minimum absolute atomic E-state index is 0.0980. The van der Waals surface area contributed by atoms with Crippen LogP contribution in [0.4, 0.5) is 13.2 Å². The Morgan fingerprint density at radius 1 is 1.10 bits per heavy atom. The maximum atomic E-state index is 13.7. The predicted octanol–water partition coefficient (Wildman–Crippen LogP) is 3.37. The van der Waals surface area contributed by atoms with Crippen molar-refractivity contribution in [2.24, 2.45) is 0 Å². The zero-order valence-corrected chi connectivity index (χ0v) is 11.5. The molecule has 0 amide bonds. The van der Waals surface area contributed by atoms with Gasteiger partial charge in [0.05, 0.1) is 12.3 Å². The van der Waals surface area contributed by atoms with Gasteiger partial charge in [-0.3, -0.25) is 4.98 Å². The summed E-state index contributed by atoms with van der Waals surface area (Å²) in [5.74, 6) is -3.95. The Hall–Kier alpha value is -2.08. The summed E-state index contributed by atoms with van der Waals surface area (Å²) >= 11 is 0. The summed E-state index contributed by atoms with van der Waals surface area (Å²) in [7, 11) is 0. The van der Waals surface area contributed by atoms with Crippen LogP contribution in [0.3, 0.4) is 0 Å². The molecule has 0 spiro atoms. The third kappa shape index (κ3) is 3.33. The Morgan fingerprint density at radius 2 is 1.81 bits per heavy atom. The molecule has 0 aliphatic rings.